The normalized spacial score (nSPS) is 12.5. The number of nitrogens with one attached hydrogen (secondary N) is 1. The van der Waals surface area contributed by atoms with Gasteiger partial charge in [-0.05, 0) is 61.4 Å². The van der Waals surface area contributed by atoms with Crippen LogP contribution in [0.1, 0.15) is 42.2 Å². The minimum Gasteiger partial charge on any atom is -0.452 e. The number of hydrogen-bond donors (Lipinski definition) is 1. The number of amides is 3. The highest BCUT2D eigenvalue weighted by molar-refractivity contribution is 6.42. The van der Waals surface area contributed by atoms with Gasteiger partial charge in [0.2, 0.25) is 0 Å². The van der Waals surface area contributed by atoms with Crippen LogP contribution in [0.2, 0.25) is 10.0 Å². The number of fused-ring (bicyclic) bond motifs is 1. The minimum absolute atomic E-state index is 0.0377. The maximum atomic E-state index is 12.9. The fourth-order valence-electron chi connectivity index (χ4n) is 3.63. The lowest BCUT2D eigenvalue weighted by molar-refractivity contribution is -0.119. The van der Waals surface area contributed by atoms with E-state index in [0.717, 1.165) is 16.0 Å². The number of carbonyl (C=O) groups excluding carboxylic acids is 4. The molecule has 0 atom stereocenters. The number of esters is 1. The zero-order chi connectivity index (χ0) is 24.6. The number of halogens is 2. The van der Waals surface area contributed by atoms with Crippen molar-refractivity contribution < 1.29 is 23.9 Å². The molecule has 0 saturated carbocycles. The maximum absolute atomic E-state index is 12.9. The SMILES string of the molecule is Cc1cccc(C)c1NC(=O)COC(=O)c1ccc2c(c1)C(=O)N(c1ccc(Cl)c(Cl)c1)C2=O. The summed E-state index contributed by atoms with van der Waals surface area (Å²) in [4.78, 5) is 51.5. The Morgan fingerprint density at radius 2 is 1.56 bits per heavy atom. The van der Waals surface area contributed by atoms with Crippen LogP contribution in [-0.2, 0) is 9.53 Å². The first-order valence-corrected chi connectivity index (χ1v) is 10.9. The molecule has 0 spiro atoms. The van der Waals surface area contributed by atoms with Gasteiger partial charge >= 0.3 is 5.97 Å². The summed E-state index contributed by atoms with van der Waals surface area (Å²) in [5.74, 6) is -2.45. The van der Waals surface area contributed by atoms with Crippen LogP contribution in [0.25, 0.3) is 0 Å². The Bertz CT molecular complexity index is 1350. The van der Waals surface area contributed by atoms with Crippen molar-refractivity contribution in [3.05, 3.63) is 92.5 Å². The zero-order valence-electron chi connectivity index (χ0n) is 18.1. The quantitative estimate of drug-likeness (QED) is 0.386. The summed E-state index contributed by atoms with van der Waals surface area (Å²) in [6, 6.07) is 14.0. The smallest absolute Gasteiger partial charge is 0.338 e. The van der Waals surface area contributed by atoms with Crippen molar-refractivity contribution >= 4 is 58.3 Å². The molecule has 3 aromatic rings. The number of ether oxygens (including phenoxy) is 1. The summed E-state index contributed by atoms with van der Waals surface area (Å²) in [5, 5.41) is 3.21. The average Bonchev–Trinajstić information content (AvgIpc) is 3.06. The Labute approximate surface area is 205 Å². The monoisotopic (exact) mass is 496 g/mol. The van der Waals surface area contributed by atoms with Crippen LogP contribution in [0.3, 0.4) is 0 Å². The molecule has 0 unspecified atom stereocenters. The van der Waals surface area contributed by atoms with Crippen LogP contribution in [0, 0.1) is 13.8 Å². The summed E-state index contributed by atoms with van der Waals surface area (Å²) in [5.41, 5.74) is 2.91. The van der Waals surface area contributed by atoms with Crippen molar-refractivity contribution in [1.29, 1.82) is 0 Å². The molecular formula is C25H18Cl2N2O5. The molecule has 4 rings (SSSR count). The third-order valence-corrected chi connectivity index (χ3v) is 6.10. The number of aryl methyl sites for hydroxylation is 2. The van der Waals surface area contributed by atoms with E-state index in [9.17, 15) is 19.2 Å². The molecule has 1 aliphatic heterocycles. The Balaban J connectivity index is 1.47. The molecule has 3 amide bonds. The molecule has 1 aliphatic rings. The van der Waals surface area contributed by atoms with Gasteiger partial charge in [-0.3, -0.25) is 14.4 Å². The number of para-hydroxylation sites is 1. The van der Waals surface area contributed by atoms with E-state index >= 15 is 0 Å². The maximum Gasteiger partial charge on any atom is 0.338 e. The summed E-state index contributed by atoms with van der Waals surface area (Å²) in [6.45, 7) is 3.21. The van der Waals surface area contributed by atoms with E-state index in [-0.39, 0.29) is 32.4 Å². The summed E-state index contributed by atoms with van der Waals surface area (Å²) in [7, 11) is 0. The van der Waals surface area contributed by atoms with Crippen LogP contribution in [-0.4, -0.2) is 30.3 Å². The van der Waals surface area contributed by atoms with Gasteiger partial charge in [0, 0.05) is 5.69 Å². The molecule has 0 aliphatic carbocycles. The standard InChI is InChI=1S/C25H18Cl2N2O5/c1-13-4-3-5-14(2)22(13)28-21(30)12-34-25(33)15-6-8-17-18(10-15)24(32)29(23(17)31)16-7-9-19(26)20(27)11-16/h3-11H,12H2,1-2H3,(H,28,30). The summed E-state index contributed by atoms with van der Waals surface area (Å²) in [6.07, 6.45) is 0. The Morgan fingerprint density at radius 1 is 0.882 bits per heavy atom. The number of imide groups is 1. The largest absolute Gasteiger partial charge is 0.452 e. The van der Waals surface area contributed by atoms with Crippen molar-refractivity contribution in [3.8, 4) is 0 Å². The van der Waals surface area contributed by atoms with Crippen LogP contribution in [0.15, 0.2) is 54.6 Å². The molecule has 34 heavy (non-hydrogen) atoms. The van der Waals surface area contributed by atoms with Gasteiger partial charge in [-0.2, -0.15) is 0 Å². The molecule has 1 N–H and O–H groups in total. The van der Waals surface area contributed by atoms with Gasteiger partial charge in [0.15, 0.2) is 6.61 Å². The molecule has 1 heterocycles. The first-order valence-electron chi connectivity index (χ1n) is 10.2. The molecule has 7 nitrogen and oxygen atoms in total. The van der Waals surface area contributed by atoms with E-state index in [0.29, 0.717) is 5.69 Å². The second-order valence-electron chi connectivity index (χ2n) is 7.70. The number of carbonyl (C=O) groups is 4. The number of benzene rings is 3. The minimum atomic E-state index is -0.798. The van der Waals surface area contributed by atoms with Crippen molar-refractivity contribution in [2.75, 3.05) is 16.8 Å². The van der Waals surface area contributed by atoms with Crippen LogP contribution in [0.5, 0.6) is 0 Å². The van der Waals surface area contributed by atoms with Gasteiger partial charge in [-0.25, -0.2) is 9.69 Å². The first kappa shape index (κ1) is 23.5. The van der Waals surface area contributed by atoms with Crippen molar-refractivity contribution in [2.24, 2.45) is 0 Å². The van der Waals surface area contributed by atoms with E-state index in [1.165, 1.54) is 36.4 Å². The van der Waals surface area contributed by atoms with Crippen molar-refractivity contribution in [3.63, 3.8) is 0 Å². The molecule has 0 saturated heterocycles. The lowest BCUT2D eigenvalue weighted by Gasteiger charge is -2.14. The Hall–Kier alpha value is -3.68. The van der Waals surface area contributed by atoms with Gasteiger partial charge in [0.25, 0.3) is 17.7 Å². The van der Waals surface area contributed by atoms with Crippen molar-refractivity contribution in [1.82, 2.24) is 0 Å². The third-order valence-electron chi connectivity index (χ3n) is 5.36. The molecule has 0 fully saturated rings. The predicted octanol–water partition coefficient (Wildman–Crippen LogP) is 5.21. The predicted molar refractivity (Wildman–Crippen MR) is 129 cm³/mol. The fraction of sp³-hybridized carbons (Fsp3) is 0.120. The molecule has 0 radical (unpaired) electrons. The molecule has 3 aromatic carbocycles. The third kappa shape index (κ3) is 4.40. The first-order chi connectivity index (χ1) is 16.2. The highest BCUT2D eigenvalue weighted by atomic mass is 35.5. The number of nitrogens with zero attached hydrogens (tertiary/aromatic N) is 1. The number of hydrogen-bond acceptors (Lipinski definition) is 5. The molecule has 9 heteroatoms. The molecule has 172 valence electrons. The fourth-order valence-corrected chi connectivity index (χ4v) is 3.92. The van der Waals surface area contributed by atoms with Gasteiger partial charge in [-0.1, -0.05) is 41.4 Å². The summed E-state index contributed by atoms with van der Waals surface area (Å²) >= 11 is 11.9. The topological polar surface area (TPSA) is 92.8 Å². The molecule has 0 aromatic heterocycles. The van der Waals surface area contributed by atoms with E-state index < -0.39 is 30.3 Å². The lowest BCUT2D eigenvalue weighted by Crippen LogP contribution is -2.29. The van der Waals surface area contributed by atoms with E-state index in [4.69, 9.17) is 27.9 Å². The Morgan fingerprint density at radius 3 is 2.24 bits per heavy atom. The molecule has 0 bridgehead atoms. The van der Waals surface area contributed by atoms with Gasteiger partial charge in [0.05, 0.1) is 32.4 Å². The van der Waals surface area contributed by atoms with Crippen LogP contribution < -0.4 is 10.2 Å². The summed E-state index contributed by atoms with van der Waals surface area (Å²) < 4.78 is 5.11. The van der Waals surface area contributed by atoms with E-state index in [1.807, 2.05) is 32.0 Å². The van der Waals surface area contributed by atoms with E-state index in [2.05, 4.69) is 5.32 Å². The molecular weight excluding hydrogens is 479 g/mol. The van der Waals surface area contributed by atoms with Gasteiger partial charge in [0.1, 0.15) is 0 Å². The van der Waals surface area contributed by atoms with Crippen molar-refractivity contribution in [2.45, 2.75) is 13.8 Å². The lowest BCUT2D eigenvalue weighted by atomic mass is 10.1. The second-order valence-corrected chi connectivity index (χ2v) is 8.51. The van der Waals surface area contributed by atoms with Crippen LogP contribution in [0.4, 0.5) is 11.4 Å². The van der Waals surface area contributed by atoms with Gasteiger partial charge in [-0.15, -0.1) is 0 Å². The second kappa shape index (κ2) is 9.29. The Kier molecular flexibility index (Phi) is 6.41. The average molecular weight is 497 g/mol. The van der Waals surface area contributed by atoms with E-state index in [1.54, 1.807) is 0 Å². The zero-order valence-corrected chi connectivity index (χ0v) is 19.7. The number of anilines is 2. The highest BCUT2D eigenvalue weighted by Gasteiger charge is 2.37. The highest BCUT2D eigenvalue weighted by Crippen LogP contribution is 2.33. The number of rotatable bonds is 5. The van der Waals surface area contributed by atoms with Crippen LogP contribution >= 0.6 is 23.2 Å². The van der Waals surface area contributed by atoms with Gasteiger partial charge < -0.3 is 10.1 Å².